The number of H-pyrrole nitrogens is 1. The molecule has 0 bridgehead atoms. The number of isocyanates is 2. The van der Waals surface area contributed by atoms with E-state index in [1.807, 2.05) is 0 Å². The second kappa shape index (κ2) is 15.7. The van der Waals surface area contributed by atoms with Gasteiger partial charge in [-0.3, -0.25) is 0 Å². The number of carbonyl (C=O) groups excluding carboxylic acids is 2. The molecule has 1 aromatic rings. The fourth-order valence-electron chi connectivity index (χ4n) is 0.215. The van der Waals surface area contributed by atoms with Gasteiger partial charge in [0.15, 0.2) is 0 Å². The first-order chi connectivity index (χ1) is 5.33. The number of nitrogens with zero attached hydrogens (tertiary/aromatic N) is 1. The van der Waals surface area contributed by atoms with Crippen LogP contribution >= 0.6 is 0 Å². The van der Waals surface area contributed by atoms with E-state index in [2.05, 4.69) is 9.97 Å². The molecular formula is C5H6N4O2. The summed E-state index contributed by atoms with van der Waals surface area (Å²) in [4.78, 5) is 23.1. The zero-order valence-corrected chi connectivity index (χ0v) is 5.50. The first kappa shape index (κ1) is 11.7. The van der Waals surface area contributed by atoms with Gasteiger partial charge in [-0.15, -0.1) is 0 Å². The van der Waals surface area contributed by atoms with Crippen molar-refractivity contribution >= 4 is 12.2 Å². The molecule has 0 saturated carbocycles. The van der Waals surface area contributed by atoms with E-state index in [0.717, 1.165) is 12.2 Å². The Kier molecular flexibility index (Phi) is 16.7. The van der Waals surface area contributed by atoms with Crippen molar-refractivity contribution in [3.05, 3.63) is 18.7 Å². The lowest BCUT2D eigenvalue weighted by Gasteiger charge is -1.46. The highest BCUT2D eigenvalue weighted by molar-refractivity contribution is 5.26. The van der Waals surface area contributed by atoms with Gasteiger partial charge >= 0.3 is 0 Å². The summed E-state index contributed by atoms with van der Waals surface area (Å²) < 4.78 is 0. The van der Waals surface area contributed by atoms with E-state index in [-0.39, 0.29) is 0 Å². The van der Waals surface area contributed by atoms with Crippen molar-refractivity contribution in [3.63, 3.8) is 0 Å². The summed E-state index contributed by atoms with van der Waals surface area (Å²) in [7, 11) is 0. The Morgan fingerprint density at radius 2 is 1.73 bits per heavy atom. The summed E-state index contributed by atoms with van der Waals surface area (Å²) in [5, 5.41) is 10.8. The first-order valence-corrected chi connectivity index (χ1v) is 2.34. The van der Waals surface area contributed by atoms with Crippen molar-refractivity contribution in [1.29, 1.82) is 10.8 Å². The van der Waals surface area contributed by atoms with E-state index in [1.54, 1.807) is 18.7 Å². The van der Waals surface area contributed by atoms with Crippen LogP contribution in [0.3, 0.4) is 0 Å². The van der Waals surface area contributed by atoms with E-state index in [0.29, 0.717) is 0 Å². The van der Waals surface area contributed by atoms with Gasteiger partial charge in [0.2, 0.25) is 12.2 Å². The number of hydrogen-bond acceptors (Lipinski definition) is 5. The zero-order chi connectivity index (χ0) is 8.95. The normalized spacial score (nSPS) is 5.09. The fourth-order valence-corrected chi connectivity index (χ4v) is 0.215. The van der Waals surface area contributed by atoms with Crippen molar-refractivity contribution in [2.45, 2.75) is 0 Å². The maximum Gasteiger partial charge on any atom is 0.231 e. The van der Waals surface area contributed by atoms with Gasteiger partial charge in [-0.2, -0.15) is 0 Å². The lowest BCUT2D eigenvalue weighted by atomic mass is 11.0. The third-order valence-corrected chi connectivity index (χ3v) is 0.406. The second-order valence-corrected chi connectivity index (χ2v) is 0.965. The molecule has 0 aromatic carbocycles. The first-order valence-electron chi connectivity index (χ1n) is 2.34. The number of hydrogen-bond donors (Lipinski definition) is 3. The highest BCUT2D eigenvalue weighted by atomic mass is 16.1. The molecule has 1 rings (SSSR count). The maximum absolute atomic E-state index is 8.35. The Bertz CT molecular complexity index is 177. The SMILES string of the molecule is N=C=O.N=C=O.c1c[nH]cn1. The maximum atomic E-state index is 8.35. The van der Waals surface area contributed by atoms with Crippen LogP contribution in [0.1, 0.15) is 0 Å². The van der Waals surface area contributed by atoms with Crippen LogP contribution in [0.2, 0.25) is 0 Å². The van der Waals surface area contributed by atoms with Crippen molar-refractivity contribution in [2.24, 2.45) is 0 Å². The van der Waals surface area contributed by atoms with E-state index < -0.39 is 0 Å². The molecule has 11 heavy (non-hydrogen) atoms. The summed E-state index contributed by atoms with van der Waals surface area (Å²) in [5.41, 5.74) is 0. The van der Waals surface area contributed by atoms with Crippen molar-refractivity contribution < 1.29 is 9.59 Å². The lowest BCUT2D eigenvalue weighted by molar-refractivity contribution is 0.562. The molecule has 6 nitrogen and oxygen atoms in total. The number of rotatable bonds is 0. The Hall–Kier alpha value is -2.03. The summed E-state index contributed by atoms with van der Waals surface area (Å²) in [6.45, 7) is 0. The Morgan fingerprint density at radius 1 is 1.27 bits per heavy atom. The van der Waals surface area contributed by atoms with Gasteiger partial charge in [-0.05, 0) is 0 Å². The Balaban J connectivity index is 0. The fraction of sp³-hybridized carbons (Fsp3) is 0. The minimum absolute atomic E-state index is 0.750. The minimum Gasteiger partial charge on any atom is -0.351 e. The predicted octanol–water partition coefficient (Wildman–Crippen LogP) is 0.212. The third-order valence-electron chi connectivity index (χ3n) is 0.406. The van der Waals surface area contributed by atoms with Gasteiger partial charge in [-0.1, -0.05) is 0 Å². The minimum atomic E-state index is 0.750. The van der Waals surface area contributed by atoms with Crippen LogP contribution in [-0.4, -0.2) is 22.1 Å². The molecule has 58 valence electrons. The summed E-state index contributed by atoms with van der Waals surface area (Å²) >= 11 is 0. The molecule has 0 aliphatic rings. The number of aromatic nitrogens is 2. The van der Waals surface area contributed by atoms with Crippen LogP contribution in [-0.2, 0) is 9.59 Å². The lowest BCUT2D eigenvalue weighted by Crippen LogP contribution is -1.44. The zero-order valence-electron chi connectivity index (χ0n) is 5.50. The van der Waals surface area contributed by atoms with Gasteiger partial charge in [0.1, 0.15) is 0 Å². The molecule has 0 fully saturated rings. The molecule has 3 N–H and O–H groups in total. The molecule has 0 atom stereocenters. The molecule has 1 heterocycles. The van der Waals surface area contributed by atoms with Crippen LogP contribution in [0.5, 0.6) is 0 Å². The molecule has 0 radical (unpaired) electrons. The Labute approximate surface area is 62.3 Å². The van der Waals surface area contributed by atoms with Gasteiger partial charge < -0.3 is 4.98 Å². The third kappa shape index (κ3) is 32.2. The van der Waals surface area contributed by atoms with Crippen LogP contribution in [0, 0.1) is 10.8 Å². The summed E-state index contributed by atoms with van der Waals surface area (Å²) in [5.74, 6) is 0. The number of aromatic amines is 1. The molecule has 0 aliphatic heterocycles. The van der Waals surface area contributed by atoms with Gasteiger partial charge in [-0.25, -0.2) is 25.4 Å². The van der Waals surface area contributed by atoms with Crippen molar-refractivity contribution in [1.82, 2.24) is 9.97 Å². The molecule has 0 aliphatic carbocycles. The van der Waals surface area contributed by atoms with Crippen LogP contribution in [0.4, 0.5) is 0 Å². The molecule has 1 aromatic heterocycles. The number of imidazole rings is 1. The molecule has 6 heteroatoms. The van der Waals surface area contributed by atoms with Crippen LogP contribution < -0.4 is 0 Å². The molecule has 0 amide bonds. The average Bonchev–Trinajstić information content (AvgIpc) is 2.44. The van der Waals surface area contributed by atoms with Crippen LogP contribution in [0.25, 0.3) is 0 Å². The van der Waals surface area contributed by atoms with E-state index in [1.165, 1.54) is 0 Å². The Morgan fingerprint density at radius 3 is 1.82 bits per heavy atom. The van der Waals surface area contributed by atoms with Gasteiger partial charge in [0, 0.05) is 12.4 Å². The largest absolute Gasteiger partial charge is 0.351 e. The van der Waals surface area contributed by atoms with Crippen molar-refractivity contribution in [2.75, 3.05) is 0 Å². The van der Waals surface area contributed by atoms with E-state index >= 15 is 0 Å². The van der Waals surface area contributed by atoms with Gasteiger partial charge in [0.05, 0.1) is 6.33 Å². The van der Waals surface area contributed by atoms with E-state index in [4.69, 9.17) is 20.4 Å². The summed E-state index contributed by atoms with van der Waals surface area (Å²) in [6.07, 6.45) is 6.58. The smallest absolute Gasteiger partial charge is 0.231 e. The standard InChI is InChI=1S/C3H4N2.2CHNO/c1-2-5-3-4-1;2*2-1-3/h1-3H,(H,4,5);2*2H. The van der Waals surface area contributed by atoms with Crippen LogP contribution in [0.15, 0.2) is 18.7 Å². The quantitative estimate of drug-likeness (QED) is 0.367. The molecule has 0 unspecified atom stereocenters. The highest BCUT2D eigenvalue weighted by Gasteiger charge is 1.56. The molecule has 0 saturated heterocycles. The summed E-state index contributed by atoms with van der Waals surface area (Å²) in [6, 6.07) is 0. The van der Waals surface area contributed by atoms with Gasteiger partial charge in [0.25, 0.3) is 0 Å². The highest BCUT2D eigenvalue weighted by Crippen LogP contribution is 1.62. The molecular weight excluding hydrogens is 148 g/mol. The predicted molar refractivity (Wildman–Crippen MR) is 35.4 cm³/mol. The second-order valence-electron chi connectivity index (χ2n) is 0.965. The van der Waals surface area contributed by atoms with E-state index in [9.17, 15) is 0 Å². The van der Waals surface area contributed by atoms with Crippen molar-refractivity contribution in [3.8, 4) is 0 Å². The number of nitrogens with one attached hydrogen (secondary N) is 3. The average molecular weight is 154 g/mol. The monoisotopic (exact) mass is 154 g/mol. The molecule has 0 spiro atoms. The topological polar surface area (TPSA) is 111 Å².